The second-order valence-electron chi connectivity index (χ2n) is 1.54. The zero-order valence-corrected chi connectivity index (χ0v) is 5.65. The summed E-state index contributed by atoms with van der Waals surface area (Å²) in [6.07, 6.45) is 1.86. The summed E-state index contributed by atoms with van der Waals surface area (Å²) in [6, 6.07) is 0. The SMILES string of the molecule is COCS1=CC=NC1. The quantitative estimate of drug-likeness (QED) is 0.506. The van der Waals surface area contributed by atoms with Crippen LogP contribution in [0.4, 0.5) is 0 Å². The minimum atomic E-state index is 0.303. The van der Waals surface area contributed by atoms with Gasteiger partial charge in [0, 0.05) is 13.3 Å². The highest BCUT2D eigenvalue weighted by Gasteiger charge is 1.94. The number of nitrogens with zero attached hydrogens (tertiary/aromatic N) is 1. The van der Waals surface area contributed by atoms with E-state index in [9.17, 15) is 0 Å². The summed E-state index contributed by atoms with van der Waals surface area (Å²) in [5, 5.41) is 2.10. The van der Waals surface area contributed by atoms with Gasteiger partial charge in [-0.05, 0) is 5.37 Å². The standard InChI is InChI=1S/C5H9NOS/c1-7-5-8-3-2-6-4-8/h2-3H,4-5H2,1H3. The van der Waals surface area contributed by atoms with Crippen LogP contribution in [0.3, 0.4) is 0 Å². The van der Waals surface area contributed by atoms with Crippen LogP contribution in [-0.2, 0) is 4.74 Å². The van der Waals surface area contributed by atoms with Crippen molar-refractivity contribution in [3.63, 3.8) is 0 Å². The summed E-state index contributed by atoms with van der Waals surface area (Å²) in [6.45, 7) is 0. The molecule has 0 radical (unpaired) electrons. The molecule has 0 aliphatic carbocycles. The van der Waals surface area contributed by atoms with E-state index >= 15 is 0 Å². The van der Waals surface area contributed by atoms with Crippen molar-refractivity contribution in [2.75, 3.05) is 18.9 Å². The molecule has 1 rings (SSSR count). The molecule has 0 aromatic heterocycles. The van der Waals surface area contributed by atoms with E-state index < -0.39 is 0 Å². The van der Waals surface area contributed by atoms with E-state index in [1.165, 1.54) is 0 Å². The van der Waals surface area contributed by atoms with E-state index in [1.54, 1.807) is 7.11 Å². The Morgan fingerprint density at radius 2 is 2.75 bits per heavy atom. The molecule has 3 heteroatoms. The van der Waals surface area contributed by atoms with E-state index in [0.29, 0.717) is 10.5 Å². The van der Waals surface area contributed by atoms with Crippen molar-refractivity contribution in [1.29, 1.82) is 0 Å². The normalized spacial score (nSPS) is 25.9. The van der Waals surface area contributed by atoms with Crippen molar-refractivity contribution < 1.29 is 4.74 Å². The van der Waals surface area contributed by atoms with Crippen LogP contribution in [0, 0.1) is 0 Å². The van der Waals surface area contributed by atoms with Crippen LogP contribution in [0.2, 0.25) is 0 Å². The van der Waals surface area contributed by atoms with Gasteiger partial charge in [0.05, 0.1) is 11.8 Å². The van der Waals surface area contributed by atoms with Gasteiger partial charge < -0.3 is 4.74 Å². The summed E-state index contributed by atoms with van der Waals surface area (Å²) < 4.78 is 4.93. The maximum absolute atomic E-state index is 4.93. The van der Waals surface area contributed by atoms with Crippen molar-refractivity contribution in [2.24, 2.45) is 4.99 Å². The smallest absolute Gasteiger partial charge is 0.0887 e. The fourth-order valence-electron chi connectivity index (χ4n) is 0.539. The second kappa shape index (κ2) is 2.99. The predicted octanol–water partition coefficient (Wildman–Crippen LogP) is 0.703. The first kappa shape index (κ1) is 5.98. The van der Waals surface area contributed by atoms with Crippen LogP contribution in [0.25, 0.3) is 0 Å². The highest BCUT2D eigenvalue weighted by molar-refractivity contribution is 8.15. The fourth-order valence-corrected chi connectivity index (χ4v) is 1.62. The molecule has 0 amide bonds. The molecule has 0 N–H and O–H groups in total. The van der Waals surface area contributed by atoms with Crippen LogP contribution in [0.5, 0.6) is 0 Å². The Kier molecular flexibility index (Phi) is 2.24. The fraction of sp³-hybridized carbons (Fsp3) is 0.600. The maximum atomic E-state index is 4.93. The third-order valence-electron chi connectivity index (χ3n) is 0.868. The van der Waals surface area contributed by atoms with Crippen molar-refractivity contribution in [3.8, 4) is 0 Å². The summed E-state index contributed by atoms with van der Waals surface area (Å²) >= 11 is 0. The molecule has 1 unspecified atom stereocenters. The molecule has 0 saturated heterocycles. The lowest BCUT2D eigenvalue weighted by Gasteiger charge is -1.96. The Morgan fingerprint density at radius 3 is 3.25 bits per heavy atom. The Bertz CT molecular complexity index is 130. The first-order chi connectivity index (χ1) is 3.93. The van der Waals surface area contributed by atoms with Gasteiger partial charge in [0.25, 0.3) is 0 Å². The number of ether oxygens (including phenoxy) is 1. The molecule has 0 aromatic rings. The van der Waals surface area contributed by atoms with E-state index in [2.05, 4.69) is 10.4 Å². The van der Waals surface area contributed by atoms with Crippen LogP contribution < -0.4 is 0 Å². The first-order valence-corrected chi connectivity index (χ1v) is 4.04. The average Bonchev–Trinajstić information content (AvgIpc) is 2.19. The summed E-state index contributed by atoms with van der Waals surface area (Å²) in [4.78, 5) is 4.04. The van der Waals surface area contributed by atoms with Gasteiger partial charge in [-0.1, -0.05) is 0 Å². The molecule has 8 heavy (non-hydrogen) atoms. The highest BCUT2D eigenvalue weighted by Crippen LogP contribution is 2.13. The molecule has 2 nitrogen and oxygen atoms in total. The van der Waals surface area contributed by atoms with E-state index in [1.807, 2.05) is 6.21 Å². The topological polar surface area (TPSA) is 21.6 Å². The molecule has 0 aromatic carbocycles. The van der Waals surface area contributed by atoms with Crippen molar-refractivity contribution in [2.45, 2.75) is 0 Å². The lowest BCUT2D eigenvalue weighted by Crippen LogP contribution is -1.85. The molecule has 1 aliphatic heterocycles. The van der Waals surface area contributed by atoms with Gasteiger partial charge in [0.2, 0.25) is 0 Å². The number of hydrogen-bond donors (Lipinski definition) is 0. The number of hydrogen-bond acceptors (Lipinski definition) is 2. The molecule has 46 valence electrons. The molecule has 0 fully saturated rings. The molecular weight excluding hydrogens is 122 g/mol. The van der Waals surface area contributed by atoms with Gasteiger partial charge in [0.1, 0.15) is 0 Å². The van der Waals surface area contributed by atoms with Gasteiger partial charge in [-0.25, -0.2) is 0 Å². The van der Waals surface area contributed by atoms with Gasteiger partial charge >= 0.3 is 0 Å². The molecular formula is C5H9NOS. The van der Waals surface area contributed by atoms with Gasteiger partial charge in [-0.3, -0.25) is 4.99 Å². The lowest BCUT2D eigenvalue weighted by atomic mass is 10.9. The van der Waals surface area contributed by atoms with Crippen LogP contribution in [0.1, 0.15) is 0 Å². The van der Waals surface area contributed by atoms with Crippen molar-refractivity contribution in [1.82, 2.24) is 0 Å². The Hall–Kier alpha value is -0.150. The third kappa shape index (κ3) is 1.42. The van der Waals surface area contributed by atoms with Crippen LogP contribution >= 0.6 is 10.5 Å². The molecule has 0 saturated carbocycles. The Balaban J connectivity index is 2.28. The van der Waals surface area contributed by atoms with E-state index in [0.717, 1.165) is 11.8 Å². The minimum Gasteiger partial charge on any atom is -0.374 e. The third-order valence-corrected chi connectivity index (χ3v) is 2.39. The number of aliphatic imine (C=N–C) groups is 1. The Morgan fingerprint density at radius 1 is 1.88 bits per heavy atom. The van der Waals surface area contributed by atoms with Gasteiger partial charge in [-0.2, -0.15) is 0 Å². The highest BCUT2D eigenvalue weighted by atomic mass is 32.2. The summed E-state index contributed by atoms with van der Waals surface area (Å²) in [7, 11) is 2.02. The molecule has 1 atom stereocenters. The largest absolute Gasteiger partial charge is 0.374 e. The monoisotopic (exact) mass is 131 g/mol. The molecule has 1 heterocycles. The molecule has 1 aliphatic rings. The average molecular weight is 131 g/mol. The van der Waals surface area contributed by atoms with Crippen molar-refractivity contribution >= 4 is 22.1 Å². The summed E-state index contributed by atoms with van der Waals surface area (Å²) in [5.74, 6) is 1.77. The van der Waals surface area contributed by atoms with Crippen molar-refractivity contribution in [3.05, 3.63) is 0 Å². The number of rotatable bonds is 2. The number of methoxy groups -OCH3 is 1. The zero-order valence-electron chi connectivity index (χ0n) is 4.83. The molecule has 0 bridgehead atoms. The second-order valence-corrected chi connectivity index (χ2v) is 3.38. The van der Waals surface area contributed by atoms with Crippen LogP contribution in [-0.4, -0.2) is 30.5 Å². The molecule has 0 spiro atoms. The Labute approximate surface area is 51.5 Å². The lowest BCUT2D eigenvalue weighted by molar-refractivity contribution is 0.258. The first-order valence-electron chi connectivity index (χ1n) is 2.42. The summed E-state index contributed by atoms with van der Waals surface area (Å²) in [5.41, 5.74) is 0. The zero-order chi connectivity index (χ0) is 5.82. The minimum absolute atomic E-state index is 0.303. The van der Waals surface area contributed by atoms with Gasteiger partial charge in [0.15, 0.2) is 0 Å². The maximum Gasteiger partial charge on any atom is 0.0887 e. The van der Waals surface area contributed by atoms with E-state index in [-0.39, 0.29) is 0 Å². The van der Waals surface area contributed by atoms with Crippen LogP contribution in [0.15, 0.2) is 4.99 Å². The van der Waals surface area contributed by atoms with Gasteiger partial charge in [-0.15, -0.1) is 10.5 Å². The van der Waals surface area contributed by atoms with E-state index in [4.69, 9.17) is 4.74 Å². The predicted molar refractivity (Wildman–Crippen MR) is 38.9 cm³/mol.